The predicted octanol–water partition coefficient (Wildman–Crippen LogP) is 2.82. The zero-order chi connectivity index (χ0) is 17.7. The fraction of sp³-hybridized carbons (Fsp3) is 0.167. The number of hydrogen-bond donors (Lipinski definition) is 2. The van der Waals surface area contributed by atoms with Gasteiger partial charge in [-0.2, -0.15) is 5.26 Å². The van der Waals surface area contributed by atoms with Gasteiger partial charge in [-0.15, -0.1) is 0 Å². The molecule has 0 unspecified atom stereocenters. The number of anilines is 1. The van der Waals surface area contributed by atoms with E-state index in [-0.39, 0.29) is 17.3 Å². The first-order valence-electron chi connectivity index (χ1n) is 7.29. The summed E-state index contributed by atoms with van der Waals surface area (Å²) in [4.78, 5) is 24.0. The summed E-state index contributed by atoms with van der Waals surface area (Å²) in [6.45, 7) is 3.69. The Bertz CT molecular complexity index is 827. The van der Waals surface area contributed by atoms with Crippen LogP contribution in [0.4, 0.5) is 10.1 Å². The number of hydrogen-bond acceptors (Lipinski definition) is 3. The molecule has 1 atom stereocenters. The summed E-state index contributed by atoms with van der Waals surface area (Å²) in [5.41, 5.74) is 1.88. The Labute approximate surface area is 139 Å². The van der Waals surface area contributed by atoms with Gasteiger partial charge in [0.15, 0.2) is 0 Å². The average molecular weight is 325 g/mol. The van der Waals surface area contributed by atoms with E-state index in [1.54, 1.807) is 13.0 Å². The van der Waals surface area contributed by atoms with Crippen molar-refractivity contribution in [1.29, 1.82) is 5.26 Å². The topological polar surface area (TPSA) is 82.0 Å². The molecule has 6 heteroatoms. The molecule has 0 saturated heterocycles. The molecule has 24 heavy (non-hydrogen) atoms. The molecule has 0 radical (unpaired) electrons. The molecule has 2 aromatic rings. The molecule has 0 saturated carbocycles. The standard InChI is InChI=1S/C18H16FN3O2/c1-11-5-3-4-6-15(11)12(2)21-17(23)18(24)22-14-7-8-16(19)13(9-14)10-20/h3-9,12H,1-2H3,(H,21,23)(H,22,24)/t12-/m1/s1. The minimum absolute atomic E-state index is 0.177. The van der Waals surface area contributed by atoms with Crippen LogP contribution in [-0.4, -0.2) is 11.8 Å². The van der Waals surface area contributed by atoms with E-state index in [0.717, 1.165) is 17.2 Å². The van der Waals surface area contributed by atoms with Crippen LogP contribution in [0, 0.1) is 24.1 Å². The van der Waals surface area contributed by atoms with Crippen molar-refractivity contribution in [3.63, 3.8) is 0 Å². The third kappa shape index (κ3) is 3.96. The number of halogens is 1. The molecular weight excluding hydrogens is 309 g/mol. The van der Waals surface area contributed by atoms with Crippen molar-refractivity contribution < 1.29 is 14.0 Å². The SMILES string of the molecule is Cc1ccccc1[C@@H](C)NC(=O)C(=O)Nc1ccc(F)c(C#N)c1. The number of benzene rings is 2. The van der Waals surface area contributed by atoms with Gasteiger partial charge in [0.2, 0.25) is 0 Å². The molecule has 0 aliphatic carbocycles. The Balaban J connectivity index is 2.04. The Morgan fingerprint density at radius 1 is 1.17 bits per heavy atom. The lowest BCUT2D eigenvalue weighted by Gasteiger charge is -2.16. The smallest absolute Gasteiger partial charge is 0.313 e. The predicted molar refractivity (Wildman–Crippen MR) is 87.5 cm³/mol. The zero-order valence-electron chi connectivity index (χ0n) is 13.3. The summed E-state index contributed by atoms with van der Waals surface area (Å²) in [6, 6.07) is 12.4. The maximum Gasteiger partial charge on any atom is 0.313 e. The van der Waals surface area contributed by atoms with Crippen LogP contribution in [-0.2, 0) is 9.59 Å². The fourth-order valence-electron chi connectivity index (χ4n) is 2.29. The molecule has 0 spiro atoms. The van der Waals surface area contributed by atoms with Crippen LogP contribution in [0.25, 0.3) is 0 Å². The maximum atomic E-state index is 13.2. The van der Waals surface area contributed by atoms with Crippen LogP contribution in [0.1, 0.15) is 29.7 Å². The first-order valence-corrected chi connectivity index (χ1v) is 7.29. The van der Waals surface area contributed by atoms with Gasteiger partial charge in [0, 0.05) is 5.69 Å². The van der Waals surface area contributed by atoms with Crippen molar-refractivity contribution in [3.8, 4) is 6.07 Å². The van der Waals surface area contributed by atoms with Crippen molar-refractivity contribution >= 4 is 17.5 Å². The number of rotatable bonds is 3. The van der Waals surface area contributed by atoms with Crippen LogP contribution in [0.3, 0.4) is 0 Å². The van der Waals surface area contributed by atoms with E-state index in [2.05, 4.69) is 10.6 Å². The van der Waals surface area contributed by atoms with E-state index < -0.39 is 17.6 Å². The highest BCUT2D eigenvalue weighted by molar-refractivity contribution is 6.39. The van der Waals surface area contributed by atoms with E-state index in [0.29, 0.717) is 0 Å². The zero-order valence-corrected chi connectivity index (χ0v) is 13.3. The van der Waals surface area contributed by atoms with Gasteiger partial charge in [-0.05, 0) is 43.2 Å². The second-order valence-electron chi connectivity index (χ2n) is 5.31. The van der Waals surface area contributed by atoms with Crippen molar-refractivity contribution in [2.24, 2.45) is 0 Å². The first kappa shape index (κ1) is 17.2. The molecule has 122 valence electrons. The number of carbonyl (C=O) groups excluding carboxylic acids is 2. The number of nitriles is 1. The lowest BCUT2D eigenvalue weighted by Crippen LogP contribution is -2.37. The van der Waals surface area contributed by atoms with Gasteiger partial charge in [0.05, 0.1) is 11.6 Å². The molecule has 0 aliphatic rings. The highest BCUT2D eigenvalue weighted by Gasteiger charge is 2.18. The van der Waals surface area contributed by atoms with Crippen molar-refractivity contribution in [2.45, 2.75) is 19.9 Å². The number of carbonyl (C=O) groups is 2. The number of nitrogens with zero attached hydrogens (tertiary/aromatic N) is 1. The Hall–Kier alpha value is -3.20. The Morgan fingerprint density at radius 3 is 2.54 bits per heavy atom. The number of amides is 2. The lowest BCUT2D eigenvalue weighted by molar-refractivity contribution is -0.136. The average Bonchev–Trinajstić information content (AvgIpc) is 2.56. The van der Waals surface area contributed by atoms with Crippen LogP contribution < -0.4 is 10.6 Å². The van der Waals surface area contributed by atoms with E-state index in [4.69, 9.17) is 5.26 Å². The Morgan fingerprint density at radius 2 is 1.88 bits per heavy atom. The molecule has 0 aliphatic heterocycles. The molecule has 0 bridgehead atoms. The summed E-state index contributed by atoms with van der Waals surface area (Å²) in [5.74, 6) is -2.38. The van der Waals surface area contributed by atoms with Gasteiger partial charge in [-0.25, -0.2) is 4.39 Å². The summed E-state index contributed by atoms with van der Waals surface area (Å²) >= 11 is 0. The van der Waals surface area contributed by atoms with Crippen molar-refractivity contribution in [3.05, 3.63) is 65.0 Å². The molecule has 2 N–H and O–H groups in total. The lowest BCUT2D eigenvalue weighted by atomic mass is 10.0. The monoisotopic (exact) mass is 325 g/mol. The third-order valence-electron chi connectivity index (χ3n) is 3.55. The van der Waals surface area contributed by atoms with E-state index in [9.17, 15) is 14.0 Å². The van der Waals surface area contributed by atoms with Gasteiger partial charge in [0.1, 0.15) is 11.9 Å². The molecule has 5 nitrogen and oxygen atoms in total. The fourth-order valence-corrected chi connectivity index (χ4v) is 2.29. The summed E-state index contributed by atoms with van der Waals surface area (Å²) in [6.07, 6.45) is 0. The molecule has 2 amide bonds. The summed E-state index contributed by atoms with van der Waals surface area (Å²) in [7, 11) is 0. The molecule has 2 rings (SSSR count). The normalized spacial score (nSPS) is 11.2. The van der Waals surface area contributed by atoms with Gasteiger partial charge in [-0.1, -0.05) is 24.3 Å². The summed E-state index contributed by atoms with van der Waals surface area (Å²) in [5, 5.41) is 13.7. The quantitative estimate of drug-likeness (QED) is 0.851. The number of nitrogens with one attached hydrogen (secondary N) is 2. The van der Waals surface area contributed by atoms with Gasteiger partial charge in [-0.3, -0.25) is 9.59 Å². The molecule has 0 fully saturated rings. The van der Waals surface area contributed by atoms with E-state index in [1.165, 1.54) is 12.1 Å². The third-order valence-corrected chi connectivity index (χ3v) is 3.55. The second kappa shape index (κ2) is 7.38. The minimum atomic E-state index is -0.883. The molecule has 0 heterocycles. The van der Waals surface area contributed by atoms with Crippen LogP contribution in [0.2, 0.25) is 0 Å². The maximum absolute atomic E-state index is 13.2. The highest BCUT2D eigenvalue weighted by Crippen LogP contribution is 2.17. The van der Waals surface area contributed by atoms with Crippen LogP contribution >= 0.6 is 0 Å². The molecule has 2 aromatic carbocycles. The molecule has 0 aromatic heterocycles. The second-order valence-corrected chi connectivity index (χ2v) is 5.31. The highest BCUT2D eigenvalue weighted by atomic mass is 19.1. The van der Waals surface area contributed by atoms with E-state index >= 15 is 0 Å². The Kier molecular flexibility index (Phi) is 5.27. The van der Waals surface area contributed by atoms with Gasteiger partial charge in [0.25, 0.3) is 0 Å². The van der Waals surface area contributed by atoms with Crippen LogP contribution in [0.15, 0.2) is 42.5 Å². The van der Waals surface area contributed by atoms with E-state index in [1.807, 2.05) is 31.2 Å². The summed E-state index contributed by atoms with van der Waals surface area (Å²) < 4.78 is 13.2. The van der Waals surface area contributed by atoms with Gasteiger partial charge < -0.3 is 10.6 Å². The van der Waals surface area contributed by atoms with Crippen molar-refractivity contribution in [2.75, 3.05) is 5.32 Å². The molecular formula is C18H16FN3O2. The minimum Gasteiger partial charge on any atom is -0.341 e. The first-order chi connectivity index (χ1) is 11.4. The van der Waals surface area contributed by atoms with Crippen LogP contribution in [0.5, 0.6) is 0 Å². The number of aryl methyl sites for hydroxylation is 1. The van der Waals surface area contributed by atoms with Crippen molar-refractivity contribution in [1.82, 2.24) is 5.32 Å². The van der Waals surface area contributed by atoms with Gasteiger partial charge >= 0.3 is 11.8 Å². The largest absolute Gasteiger partial charge is 0.341 e.